The van der Waals surface area contributed by atoms with Crippen molar-refractivity contribution in [2.24, 2.45) is 0 Å². The second kappa shape index (κ2) is 4.77. The molecule has 16 heavy (non-hydrogen) atoms. The van der Waals surface area contributed by atoms with Gasteiger partial charge in [0.25, 0.3) is 5.91 Å². The fourth-order valence-electron chi connectivity index (χ4n) is 1.35. The van der Waals surface area contributed by atoms with Crippen LogP contribution in [0.4, 0.5) is 0 Å². The number of hydrogen-bond acceptors (Lipinski definition) is 3. The summed E-state index contributed by atoms with van der Waals surface area (Å²) in [5.74, 6) is 2.39. The van der Waals surface area contributed by atoms with Crippen molar-refractivity contribution in [1.29, 1.82) is 0 Å². The summed E-state index contributed by atoms with van der Waals surface area (Å²) < 4.78 is 1.02. The maximum atomic E-state index is 11.7. The van der Waals surface area contributed by atoms with Crippen molar-refractivity contribution in [1.82, 2.24) is 10.3 Å². The van der Waals surface area contributed by atoms with Crippen molar-refractivity contribution in [3.63, 3.8) is 0 Å². The molecule has 1 amide bonds. The van der Waals surface area contributed by atoms with E-state index >= 15 is 0 Å². The Labute approximate surface area is 97.5 Å². The van der Waals surface area contributed by atoms with E-state index in [1.54, 1.807) is 11.6 Å². The minimum absolute atomic E-state index is 0.0921. The van der Waals surface area contributed by atoms with E-state index in [2.05, 4.69) is 16.2 Å². The van der Waals surface area contributed by atoms with Gasteiger partial charge in [-0.15, -0.1) is 23.7 Å². The summed E-state index contributed by atoms with van der Waals surface area (Å²) in [7, 11) is 0. The summed E-state index contributed by atoms with van der Waals surface area (Å²) in [5.41, 5.74) is 3.34. The van der Waals surface area contributed by atoms with E-state index in [0.717, 1.165) is 10.2 Å². The third-order valence-electron chi connectivity index (χ3n) is 2.15. The zero-order valence-electron chi connectivity index (χ0n) is 8.56. The Kier molecular flexibility index (Phi) is 3.18. The Hall–Kier alpha value is -1.86. The Morgan fingerprint density at radius 1 is 1.56 bits per heavy atom. The van der Waals surface area contributed by atoms with Gasteiger partial charge in [0.2, 0.25) is 0 Å². The van der Waals surface area contributed by atoms with E-state index in [1.165, 1.54) is 11.3 Å². The summed E-state index contributed by atoms with van der Waals surface area (Å²) in [6.45, 7) is 0.510. The van der Waals surface area contributed by atoms with Crippen LogP contribution in [0.15, 0.2) is 23.7 Å². The van der Waals surface area contributed by atoms with Gasteiger partial charge in [-0.2, -0.15) is 0 Å². The predicted octanol–water partition coefficient (Wildman–Crippen LogP) is 2.05. The zero-order chi connectivity index (χ0) is 11.4. The molecule has 3 nitrogen and oxygen atoms in total. The SMILES string of the molecule is C#CCCNC(=O)c1ccc2ncsc2c1. The van der Waals surface area contributed by atoms with Crippen molar-refractivity contribution in [2.75, 3.05) is 6.54 Å². The van der Waals surface area contributed by atoms with E-state index < -0.39 is 0 Å². The molecule has 4 heteroatoms. The number of carbonyl (C=O) groups is 1. The lowest BCUT2D eigenvalue weighted by atomic mass is 10.2. The van der Waals surface area contributed by atoms with Crippen LogP contribution in [0.3, 0.4) is 0 Å². The molecule has 2 aromatic rings. The Morgan fingerprint density at radius 3 is 3.25 bits per heavy atom. The minimum atomic E-state index is -0.0921. The molecule has 80 valence electrons. The maximum Gasteiger partial charge on any atom is 0.251 e. The average molecular weight is 230 g/mol. The van der Waals surface area contributed by atoms with Crippen molar-refractivity contribution in [2.45, 2.75) is 6.42 Å². The van der Waals surface area contributed by atoms with Gasteiger partial charge in [0.05, 0.1) is 15.7 Å². The number of benzene rings is 1. The maximum absolute atomic E-state index is 11.7. The largest absolute Gasteiger partial charge is 0.351 e. The van der Waals surface area contributed by atoms with Gasteiger partial charge in [-0.3, -0.25) is 4.79 Å². The van der Waals surface area contributed by atoms with Crippen LogP contribution in [-0.4, -0.2) is 17.4 Å². The van der Waals surface area contributed by atoms with Gasteiger partial charge in [0.15, 0.2) is 0 Å². The van der Waals surface area contributed by atoms with Crippen molar-refractivity contribution >= 4 is 27.5 Å². The molecule has 1 aromatic heterocycles. The number of nitrogens with zero attached hydrogens (tertiary/aromatic N) is 1. The van der Waals surface area contributed by atoms with Gasteiger partial charge in [0.1, 0.15) is 0 Å². The molecule has 1 aromatic carbocycles. The van der Waals surface area contributed by atoms with Crippen molar-refractivity contribution in [3.05, 3.63) is 29.3 Å². The van der Waals surface area contributed by atoms with Gasteiger partial charge in [-0.1, -0.05) is 0 Å². The van der Waals surface area contributed by atoms with Gasteiger partial charge < -0.3 is 5.32 Å². The molecule has 0 aliphatic heterocycles. The molecule has 0 bridgehead atoms. The highest BCUT2D eigenvalue weighted by atomic mass is 32.1. The van der Waals surface area contributed by atoms with Crippen LogP contribution in [-0.2, 0) is 0 Å². The first-order valence-corrected chi connectivity index (χ1v) is 5.74. The molecule has 0 atom stereocenters. The molecule has 0 radical (unpaired) electrons. The fourth-order valence-corrected chi connectivity index (χ4v) is 2.06. The molecule has 1 N–H and O–H groups in total. The molecule has 0 fully saturated rings. The highest BCUT2D eigenvalue weighted by molar-refractivity contribution is 7.16. The van der Waals surface area contributed by atoms with E-state index in [-0.39, 0.29) is 5.91 Å². The zero-order valence-corrected chi connectivity index (χ0v) is 9.38. The molecule has 0 unspecified atom stereocenters. The predicted molar refractivity (Wildman–Crippen MR) is 65.4 cm³/mol. The lowest BCUT2D eigenvalue weighted by Crippen LogP contribution is -2.23. The molecular formula is C12H10N2OS. The third-order valence-corrected chi connectivity index (χ3v) is 2.94. The minimum Gasteiger partial charge on any atom is -0.351 e. The van der Waals surface area contributed by atoms with Gasteiger partial charge in [-0.05, 0) is 18.2 Å². The molecular weight excluding hydrogens is 220 g/mol. The summed E-state index contributed by atoms with van der Waals surface area (Å²) in [6, 6.07) is 5.47. The van der Waals surface area contributed by atoms with Crippen LogP contribution in [0.1, 0.15) is 16.8 Å². The number of amides is 1. The molecule has 0 saturated carbocycles. The highest BCUT2D eigenvalue weighted by Gasteiger charge is 2.06. The van der Waals surface area contributed by atoms with E-state index in [1.807, 2.05) is 12.1 Å². The topological polar surface area (TPSA) is 42.0 Å². The van der Waals surface area contributed by atoms with Crippen molar-refractivity contribution < 1.29 is 4.79 Å². The normalized spacial score (nSPS) is 9.94. The monoisotopic (exact) mass is 230 g/mol. The number of rotatable bonds is 3. The summed E-state index contributed by atoms with van der Waals surface area (Å²) in [6.07, 6.45) is 5.66. The molecule has 0 aliphatic carbocycles. The van der Waals surface area contributed by atoms with Crippen LogP contribution in [0, 0.1) is 12.3 Å². The smallest absolute Gasteiger partial charge is 0.251 e. The van der Waals surface area contributed by atoms with Crippen LogP contribution in [0.5, 0.6) is 0 Å². The number of fused-ring (bicyclic) bond motifs is 1. The molecule has 0 saturated heterocycles. The number of nitrogens with one attached hydrogen (secondary N) is 1. The van der Waals surface area contributed by atoms with Gasteiger partial charge >= 0.3 is 0 Å². The Morgan fingerprint density at radius 2 is 2.44 bits per heavy atom. The van der Waals surface area contributed by atoms with Crippen molar-refractivity contribution in [3.8, 4) is 12.3 Å². The summed E-state index contributed by atoms with van der Waals surface area (Å²) in [4.78, 5) is 15.8. The molecule has 1 heterocycles. The second-order valence-corrected chi connectivity index (χ2v) is 4.13. The van der Waals surface area contributed by atoms with Crippen LogP contribution in [0.2, 0.25) is 0 Å². The number of terminal acetylenes is 1. The standard InChI is InChI=1S/C12H10N2OS/c1-2-3-6-13-12(15)9-4-5-10-11(7-9)16-8-14-10/h1,4-5,7-8H,3,6H2,(H,13,15). The first-order chi connectivity index (χ1) is 7.81. The quantitative estimate of drug-likeness (QED) is 0.647. The fraction of sp³-hybridized carbons (Fsp3) is 0.167. The number of hydrogen-bond donors (Lipinski definition) is 1. The first-order valence-electron chi connectivity index (χ1n) is 4.86. The molecule has 0 aliphatic rings. The summed E-state index contributed by atoms with van der Waals surface area (Å²) >= 11 is 1.52. The lowest BCUT2D eigenvalue weighted by molar-refractivity contribution is 0.0954. The second-order valence-electron chi connectivity index (χ2n) is 3.24. The molecule has 0 spiro atoms. The first kappa shape index (κ1) is 10.7. The molecule has 2 rings (SSSR count). The third kappa shape index (κ3) is 2.20. The van der Waals surface area contributed by atoms with Crippen LogP contribution < -0.4 is 5.32 Å². The highest BCUT2D eigenvalue weighted by Crippen LogP contribution is 2.18. The average Bonchev–Trinajstić information content (AvgIpc) is 2.76. The van der Waals surface area contributed by atoms with E-state index in [4.69, 9.17) is 6.42 Å². The van der Waals surface area contributed by atoms with E-state index in [9.17, 15) is 4.79 Å². The number of aromatic nitrogens is 1. The van der Waals surface area contributed by atoms with Gasteiger partial charge in [0, 0.05) is 18.5 Å². The van der Waals surface area contributed by atoms with Crippen LogP contribution >= 0.6 is 11.3 Å². The van der Waals surface area contributed by atoms with E-state index in [0.29, 0.717) is 18.5 Å². The Bertz CT molecular complexity index is 553. The number of thiazole rings is 1. The lowest BCUT2D eigenvalue weighted by Gasteiger charge is -2.02. The Balaban J connectivity index is 2.13. The van der Waals surface area contributed by atoms with Gasteiger partial charge in [-0.25, -0.2) is 4.98 Å². The van der Waals surface area contributed by atoms with Crippen LogP contribution in [0.25, 0.3) is 10.2 Å². The number of carbonyl (C=O) groups excluding carboxylic acids is 1. The summed E-state index contributed by atoms with van der Waals surface area (Å²) in [5, 5.41) is 2.76.